The van der Waals surface area contributed by atoms with Crippen molar-refractivity contribution in [3.05, 3.63) is 6.33 Å². The van der Waals surface area contributed by atoms with Crippen LogP contribution in [-0.2, 0) is 16.2 Å². The van der Waals surface area contributed by atoms with Crippen molar-refractivity contribution in [3.63, 3.8) is 0 Å². The number of ether oxygens (including phenoxy) is 2. The molecule has 1 rings (SSSR count). The third-order valence-electron chi connectivity index (χ3n) is 0.998. The highest BCUT2D eigenvalue weighted by Crippen LogP contribution is 1.80. The van der Waals surface area contributed by atoms with Gasteiger partial charge in [0, 0.05) is 7.11 Å². The van der Waals surface area contributed by atoms with Gasteiger partial charge in [-0.3, -0.25) is 0 Å². The summed E-state index contributed by atoms with van der Waals surface area (Å²) in [6.45, 7) is 1.42. The number of hydrogen-bond acceptors (Lipinski definition) is 5. The second-order valence-electron chi connectivity index (χ2n) is 1.81. The first-order valence-corrected chi connectivity index (χ1v) is 3.14. The topological polar surface area (TPSA) is 62.1 Å². The van der Waals surface area contributed by atoms with E-state index in [-0.39, 0.29) is 0 Å². The van der Waals surface area contributed by atoms with Crippen LogP contribution in [0.2, 0.25) is 0 Å². The normalized spacial score (nSPS) is 10.3. The van der Waals surface area contributed by atoms with E-state index in [9.17, 15) is 0 Å². The molecule has 0 bridgehead atoms. The van der Waals surface area contributed by atoms with Gasteiger partial charge in [-0.2, -0.15) is 4.68 Å². The Morgan fingerprint density at radius 2 is 2.36 bits per heavy atom. The van der Waals surface area contributed by atoms with Gasteiger partial charge in [0.2, 0.25) is 6.33 Å². The molecule has 6 nitrogen and oxygen atoms in total. The Morgan fingerprint density at radius 1 is 1.45 bits per heavy atom. The maximum Gasteiger partial charge on any atom is 0.223 e. The van der Waals surface area contributed by atoms with Crippen molar-refractivity contribution < 1.29 is 9.47 Å². The van der Waals surface area contributed by atoms with Gasteiger partial charge in [-0.15, -0.1) is 5.10 Å². The zero-order valence-electron chi connectivity index (χ0n) is 6.23. The smallest absolute Gasteiger partial charge is 0.223 e. The molecule has 61 valence electrons. The van der Waals surface area contributed by atoms with Crippen molar-refractivity contribution in [2.45, 2.75) is 6.73 Å². The summed E-state index contributed by atoms with van der Waals surface area (Å²) in [5, 5.41) is 10.3. The number of methoxy groups -OCH3 is 1. The molecule has 0 aliphatic rings. The second kappa shape index (κ2) is 4.75. The summed E-state index contributed by atoms with van der Waals surface area (Å²) in [5.41, 5.74) is 0. The lowest BCUT2D eigenvalue weighted by atomic mass is 10.8. The van der Waals surface area contributed by atoms with Crippen LogP contribution in [0.3, 0.4) is 0 Å². The van der Waals surface area contributed by atoms with Crippen LogP contribution in [0.15, 0.2) is 0 Å². The average Bonchev–Trinajstić information content (AvgIpc) is 2.50. The van der Waals surface area contributed by atoms with Crippen LogP contribution in [-0.4, -0.2) is 40.5 Å². The highest BCUT2D eigenvalue weighted by atomic mass is 16.5. The fourth-order valence-electron chi connectivity index (χ4n) is 0.508. The maximum absolute atomic E-state index is 5.08. The van der Waals surface area contributed by atoms with Crippen LogP contribution in [0, 0.1) is 6.33 Å². The number of rotatable bonds is 5. The van der Waals surface area contributed by atoms with Gasteiger partial charge in [-0.05, 0) is 10.4 Å². The van der Waals surface area contributed by atoms with Crippen LogP contribution in [0.25, 0.3) is 0 Å². The summed E-state index contributed by atoms with van der Waals surface area (Å²) >= 11 is 0. The monoisotopic (exact) mass is 157 g/mol. The van der Waals surface area contributed by atoms with Crippen molar-refractivity contribution in [1.29, 1.82) is 0 Å². The number of hydrogen-bond donors (Lipinski definition) is 0. The molecule has 0 spiro atoms. The molecule has 1 aromatic rings. The minimum atomic E-state index is 0.316. The van der Waals surface area contributed by atoms with Gasteiger partial charge in [0.15, 0.2) is 0 Å². The predicted octanol–water partition coefficient (Wildman–Crippen LogP) is -0.906. The molecule has 0 amide bonds. The molecular weight excluding hydrogens is 148 g/mol. The molecule has 0 saturated heterocycles. The third-order valence-corrected chi connectivity index (χ3v) is 0.998. The van der Waals surface area contributed by atoms with E-state index in [2.05, 4.69) is 21.9 Å². The second-order valence-corrected chi connectivity index (χ2v) is 1.81. The highest BCUT2D eigenvalue weighted by molar-refractivity contribution is 4.36. The van der Waals surface area contributed by atoms with Gasteiger partial charge in [0.1, 0.15) is 6.73 Å². The Kier molecular flexibility index (Phi) is 3.49. The Labute approximate surface area is 64.1 Å². The summed E-state index contributed by atoms with van der Waals surface area (Å²) in [6.07, 6.45) is 2.49. The highest BCUT2D eigenvalue weighted by Gasteiger charge is 1.91. The molecule has 0 saturated carbocycles. The van der Waals surface area contributed by atoms with Gasteiger partial charge in [-0.1, -0.05) is 0 Å². The molecule has 0 N–H and O–H groups in total. The maximum atomic E-state index is 5.08. The lowest BCUT2D eigenvalue weighted by molar-refractivity contribution is 0.0276. The van der Waals surface area contributed by atoms with Crippen LogP contribution in [0.5, 0.6) is 0 Å². The molecule has 1 aromatic heterocycles. The minimum Gasteiger partial charge on any atom is -0.382 e. The van der Waals surface area contributed by atoms with E-state index in [1.54, 1.807) is 7.11 Å². The Morgan fingerprint density at radius 3 is 3.00 bits per heavy atom. The van der Waals surface area contributed by atoms with Crippen molar-refractivity contribution >= 4 is 0 Å². The lowest BCUT2D eigenvalue weighted by Gasteiger charge is -2.00. The molecule has 0 aliphatic heterocycles. The first-order valence-electron chi connectivity index (χ1n) is 3.14. The standard InChI is InChI=1S/C5H9N4O2/c1-10-2-3-11-5-9-4-6-7-8-9/h2-3,5H2,1H3. The van der Waals surface area contributed by atoms with Crippen molar-refractivity contribution in [2.75, 3.05) is 20.3 Å². The van der Waals surface area contributed by atoms with E-state index < -0.39 is 0 Å². The molecule has 1 heterocycles. The van der Waals surface area contributed by atoms with E-state index in [4.69, 9.17) is 9.47 Å². The molecule has 6 heteroatoms. The fourth-order valence-corrected chi connectivity index (χ4v) is 0.508. The van der Waals surface area contributed by atoms with Gasteiger partial charge < -0.3 is 9.47 Å². The number of nitrogens with zero attached hydrogens (tertiary/aromatic N) is 4. The van der Waals surface area contributed by atoms with Gasteiger partial charge in [-0.25, -0.2) is 0 Å². The first-order chi connectivity index (χ1) is 5.43. The zero-order valence-corrected chi connectivity index (χ0v) is 6.23. The van der Waals surface area contributed by atoms with Gasteiger partial charge in [0.05, 0.1) is 13.2 Å². The van der Waals surface area contributed by atoms with E-state index in [0.29, 0.717) is 19.9 Å². The van der Waals surface area contributed by atoms with Gasteiger partial charge in [0.25, 0.3) is 0 Å². The molecule has 0 fully saturated rings. The quantitative estimate of drug-likeness (QED) is 0.518. The molecular formula is C5H9N4O2. The van der Waals surface area contributed by atoms with Crippen LogP contribution in [0.4, 0.5) is 0 Å². The Balaban J connectivity index is 2.04. The van der Waals surface area contributed by atoms with Crippen LogP contribution >= 0.6 is 0 Å². The zero-order chi connectivity index (χ0) is 7.94. The molecule has 0 aromatic carbocycles. The first kappa shape index (κ1) is 8.09. The summed E-state index contributed by atoms with van der Waals surface area (Å²) in [7, 11) is 1.62. The summed E-state index contributed by atoms with van der Waals surface area (Å²) in [6, 6.07) is 0. The Hall–Kier alpha value is -1.01. The number of aromatic nitrogens is 4. The SMILES string of the molecule is COCCOCn1[c]nnn1. The predicted molar refractivity (Wildman–Crippen MR) is 34.5 cm³/mol. The molecule has 0 aliphatic carbocycles. The third kappa shape index (κ3) is 3.06. The van der Waals surface area contributed by atoms with E-state index >= 15 is 0 Å². The fraction of sp³-hybridized carbons (Fsp3) is 0.800. The average molecular weight is 157 g/mol. The van der Waals surface area contributed by atoms with E-state index in [1.165, 1.54) is 4.68 Å². The Bertz CT molecular complexity index is 177. The molecule has 0 unspecified atom stereocenters. The van der Waals surface area contributed by atoms with Crippen molar-refractivity contribution in [2.24, 2.45) is 0 Å². The summed E-state index contributed by atoms with van der Waals surface area (Å²) in [4.78, 5) is 0. The van der Waals surface area contributed by atoms with Crippen LogP contribution in [0.1, 0.15) is 0 Å². The van der Waals surface area contributed by atoms with Crippen molar-refractivity contribution in [3.8, 4) is 0 Å². The van der Waals surface area contributed by atoms with E-state index in [1.807, 2.05) is 0 Å². The van der Waals surface area contributed by atoms with Crippen LogP contribution < -0.4 is 0 Å². The number of tetrazole rings is 1. The van der Waals surface area contributed by atoms with E-state index in [0.717, 1.165) is 0 Å². The molecule has 11 heavy (non-hydrogen) atoms. The lowest BCUT2D eigenvalue weighted by Crippen LogP contribution is -2.07. The minimum absolute atomic E-state index is 0.316. The van der Waals surface area contributed by atoms with Crippen molar-refractivity contribution in [1.82, 2.24) is 20.2 Å². The largest absolute Gasteiger partial charge is 0.382 e. The molecule has 1 radical (unpaired) electrons. The molecule has 0 atom stereocenters. The van der Waals surface area contributed by atoms with Gasteiger partial charge >= 0.3 is 0 Å². The summed E-state index contributed by atoms with van der Waals surface area (Å²) in [5.74, 6) is 0. The summed E-state index contributed by atoms with van der Waals surface area (Å²) < 4.78 is 11.2.